The third-order valence-electron chi connectivity index (χ3n) is 2.93. The molecule has 16 heavy (non-hydrogen) atoms. The molecule has 0 spiro atoms. The molecular formula is C12H17NO2S. The van der Waals surface area contributed by atoms with Crippen molar-refractivity contribution in [2.45, 2.75) is 17.7 Å². The third kappa shape index (κ3) is 2.07. The van der Waals surface area contributed by atoms with Crippen LogP contribution in [0, 0.1) is 0 Å². The van der Waals surface area contributed by atoms with E-state index in [1.165, 1.54) is 12.8 Å². The largest absolute Gasteiger partial charge is 0.493 e. The van der Waals surface area contributed by atoms with Gasteiger partial charge in [-0.15, -0.1) is 12.6 Å². The van der Waals surface area contributed by atoms with E-state index in [9.17, 15) is 0 Å². The Morgan fingerprint density at radius 1 is 1.06 bits per heavy atom. The summed E-state index contributed by atoms with van der Waals surface area (Å²) in [7, 11) is 3.30. The van der Waals surface area contributed by atoms with Gasteiger partial charge in [-0.05, 0) is 18.9 Å². The second-order valence-electron chi connectivity index (χ2n) is 3.89. The fourth-order valence-electron chi connectivity index (χ4n) is 2.07. The molecule has 3 nitrogen and oxygen atoms in total. The number of rotatable bonds is 3. The molecule has 1 aromatic rings. The standard InChI is InChI=1S/C12H17NO2S/c1-14-10-7-9(13-5-3-4-6-13)12(16)8-11(10)15-2/h7-8,16H,3-6H2,1-2H3. The highest BCUT2D eigenvalue weighted by atomic mass is 32.1. The Kier molecular flexibility index (Phi) is 3.49. The molecule has 1 aliphatic rings. The van der Waals surface area contributed by atoms with E-state index in [1.807, 2.05) is 12.1 Å². The van der Waals surface area contributed by atoms with Crippen molar-refractivity contribution in [3.05, 3.63) is 12.1 Å². The normalized spacial score (nSPS) is 15.3. The van der Waals surface area contributed by atoms with Crippen molar-refractivity contribution in [2.75, 3.05) is 32.2 Å². The molecule has 0 saturated carbocycles. The maximum atomic E-state index is 5.31. The number of hydrogen-bond donors (Lipinski definition) is 1. The fourth-order valence-corrected chi connectivity index (χ4v) is 2.39. The van der Waals surface area contributed by atoms with Gasteiger partial charge in [0.2, 0.25) is 0 Å². The predicted octanol–water partition coefficient (Wildman–Crippen LogP) is 2.59. The molecule has 0 amide bonds. The van der Waals surface area contributed by atoms with Crippen molar-refractivity contribution < 1.29 is 9.47 Å². The van der Waals surface area contributed by atoms with E-state index < -0.39 is 0 Å². The molecule has 1 heterocycles. The fraction of sp³-hybridized carbons (Fsp3) is 0.500. The summed E-state index contributed by atoms with van der Waals surface area (Å²) >= 11 is 4.51. The molecule has 0 aliphatic carbocycles. The van der Waals surface area contributed by atoms with Crippen LogP contribution in [0.5, 0.6) is 11.5 Å². The van der Waals surface area contributed by atoms with E-state index in [1.54, 1.807) is 14.2 Å². The molecule has 0 atom stereocenters. The Morgan fingerprint density at radius 3 is 2.19 bits per heavy atom. The van der Waals surface area contributed by atoms with Crippen LogP contribution in [0.15, 0.2) is 17.0 Å². The first-order chi connectivity index (χ1) is 7.76. The zero-order chi connectivity index (χ0) is 11.5. The number of benzene rings is 1. The molecular weight excluding hydrogens is 222 g/mol. The SMILES string of the molecule is COc1cc(S)c(N2CCCC2)cc1OC. The van der Waals surface area contributed by atoms with E-state index in [4.69, 9.17) is 9.47 Å². The highest BCUT2D eigenvalue weighted by Gasteiger charge is 2.17. The van der Waals surface area contributed by atoms with Gasteiger partial charge in [0.25, 0.3) is 0 Å². The molecule has 0 radical (unpaired) electrons. The zero-order valence-corrected chi connectivity index (χ0v) is 10.6. The first kappa shape index (κ1) is 11.5. The minimum absolute atomic E-state index is 0.732. The van der Waals surface area contributed by atoms with Crippen molar-refractivity contribution in [1.29, 1.82) is 0 Å². The number of thiol groups is 1. The minimum atomic E-state index is 0.732. The maximum Gasteiger partial charge on any atom is 0.162 e. The number of methoxy groups -OCH3 is 2. The van der Waals surface area contributed by atoms with Gasteiger partial charge in [-0.3, -0.25) is 0 Å². The number of hydrogen-bond acceptors (Lipinski definition) is 4. The van der Waals surface area contributed by atoms with Gasteiger partial charge < -0.3 is 14.4 Å². The summed E-state index contributed by atoms with van der Waals surface area (Å²) in [5.74, 6) is 1.50. The first-order valence-electron chi connectivity index (χ1n) is 5.46. The van der Waals surface area contributed by atoms with Crippen LogP contribution in [0.4, 0.5) is 5.69 Å². The van der Waals surface area contributed by atoms with Gasteiger partial charge in [-0.25, -0.2) is 0 Å². The molecule has 0 aromatic heterocycles. The number of nitrogens with zero attached hydrogens (tertiary/aromatic N) is 1. The minimum Gasteiger partial charge on any atom is -0.493 e. The van der Waals surface area contributed by atoms with Crippen molar-refractivity contribution in [3.63, 3.8) is 0 Å². The Balaban J connectivity index is 2.37. The van der Waals surface area contributed by atoms with E-state index in [0.717, 1.165) is 35.2 Å². The van der Waals surface area contributed by atoms with Crippen LogP contribution in [-0.4, -0.2) is 27.3 Å². The molecule has 0 unspecified atom stereocenters. The molecule has 4 heteroatoms. The smallest absolute Gasteiger partial charge is 0.162 e. The van der Waals surface area contributed by atoms with Crippen LogP contribution in [0.2, 0.25) is 0 Å². The average molecular weight is 239 g/mol. The van der Waals surface area contributed by atoms with Crippen molar-refractivity contribution in [2.24, 2.45) is 0 Å². The lowest BCUT2D eigenvalue weighted by molar-refractivity contribution is 0.354. The lowest BCUT2D eigenvalue weighted by Crippen LogP contribution is -2.18. The summed E-state index contributed by atoms with van der Waals surface area (Å²) in [6.07, 6.45) is 2.50. The van der Waals surface area contributed by atoms with Crippen molar-refractivity contribution in [3.8, 4) is 11.5 Å². The van der Waals surface area contributed by atoms with Gasteiger partial charge >= 0.3 is 0 Å². The van der Waals surface area contributed by atoms with Crippen LogP contribution in [-0.2, 0) is 0 Å². The average Bonchev–Trinajstić information content (AvgIpc) is 2.82. The summed E-state index contributed by atoms with van der Waals surface area (Å²) in [4.78, 5) is 3.28. The van der Waals surface area contributed by atoms with E-state index in [0.29, 0.717) is 0 Å². The predicted molar refractivity (Wildman–Crippen MR) is 68.2 cm³/mol. The van der Waals surface area contributed by atoms with Gasteiger partial charge in [-0.2, -0.15) is 0 Å². The Labute approximate surface area is 102 Å². The maximum absolute atomic E-state index is 5.31. The Morgan fingerprint density at radius 2 is 1.62 bits per heavy atom. The molecule has 0 N–H and O–H groups in total. The molecule has 88 valence electrons. The monoisotopic (exact) mass is 239 g/mol. The van der Waals surface area contributed by atoms with E-state index in [2.05, 4.69) is 17.5 Å². The molecule has 1 saturated heterocycles. The van der Waals surface area contributed by atoms with Gasteiger partial charge in [0.1, 0.15) is 0 Å². The van der Waals surface area contributed by atoms with Gasteiger partial charge in [0.15, 0.2) is 11.5 Å². The van der Waals surface area contributed by atoms with E-state index in [-0.39, 0.29) is 0 Å². The van der Waals surface area contributed by atoms with Crippen molar-refractivity contribution >= 4 is 18.3 Å². The summed E-state index contributed by atoms with van der Waals surface area (Å²) < 4.78 is 10.5. The Bertz CT molecular complexity index is 376. The summed E-state index contributed by atoms with van der Waals surface area (Å²) in [5, 5.41) is 0. The van der Waals surface area contributed by atoms with Crippen LogP contribution in [0.1, 0.15) is 12.8 Å². The van der Waals surface area contributed by atoms with Crippen LogP contribution < -0.4 is 14.4 Å². The quantitative estimate of drug-likeness (QED) is 0.819. The van der Waals surface area contributed by atoms with Crippen molar-refractivity contribution in [1.82, 2.24) is 0 Å². The highest BCUT2D eigenvalue weighted by Crippen LogP contribution is 2.37. The highest BCUT2D eigenvalue weighted by molar-refractivity contribution is 7.80. The lowest BCUT2D eigenvalue weighted by atomic mass is 10.2. The molecule has 1 fully saturated rings. The van der Waals surface area contributed by atoms with E-state index >= 15 is 0 Å². The topological polar surface area (TPSA) is 21.7 Å². The summed E-state index contributed by atoms with van der Waals surface area (Å²) in [6, 6.07) is 3.92. The zero-order valence-electron chi connectivity index (χ0n) is 9.69. The number of ether oxygens (including phenoxy) is 2. The van der Waals surface area contributed by atoms with Crippen LogP contribution in [0.25, 0.3) is 0 Å². The van der Waals surface area contributed by atoms with Crippen LogP contribution >= 0.6 is 12.6 Å². The molecule has 1 aromatic carbocycles. The third-order valence-corrected chi connectivity index (χ3v) is 3.29. The second-order valence-corrected chi connectivity index (χ2v) is 4.37. The summed E-state index contributed by atoms with van der Waals surface area (Å²) in [6.45, 7) is 2.20. The Hall–Kier alpha value is -1.03. The summed E-state index contributed by atoms with van der Waals surface area (Å²) in [5.41, 5.74) is 1.14. The van der Waals surface area contributed by atoms with Crippen LogP contribution in [0.3, 0.4) is 0 Å². The van der Waals surface area contributed by atoms with Gasteiger partial charge in [0, 0.05) is 24.1 Å². The molecule has 0 bridgehead atoms. The first-order valence-corrected chi connectivity index (χ1v) is 5.91. The second kappa shape index (κ2) is 4.87. The van der Waals surface area contributed by atoms with Gasteiger partial charge in [-0.1, -0.05) is 0 Å². The number of anilines is 1. The van der Waals surface area contributed by atoms with Gasteiger partial charge in [0.05, 0.1) is 19.9 Å². The molecule has 2 rings (SSSR count). The lowest BCUT2D eigenvalue weighted by Gasteiger charge is -2.21. The molecule has 1 aliphatic heterocycles.